The predicted molar refractivity (Wildman–Crippen MR) is 84.1 cm³/mol. The molecule has 0 saturated carbocycles. The summed E-state index contributed by atoms with van der Waals surface area (Å²) < 4.78 is 10.9. The van der Waals surface area contributed by atoms with E-state index in [2.05, 4.69) is 11.1 Å². The molecular weight excluding hydrogens is 284 g/mol. The highest BCUT2D eigenvalue weighted by Gasteiger charge is 2.16. The van der Waals surface area contributed by atoms with Crippen LogP contribution in [0.3, 0.4) is 0 Å². The Morgan fingerprint density at radius 1 is 1.33 bits per heavy atom. The quantitative estimate of drug-likeness (QED) is 0.830. The zero-order chi connectivity index (χ0) is 15.4. The number of benzene rings is 1. The van der Waals surface area contributed by atoms with Gasteiger partial charge >= 0.3 is 0 Å². The normalized spacial score (nSPS) is 10.5. The van der Waals surface area contributed by atoms with Crippen LogP contribution in [-0.2, 0) is 0 Å². The summed E-state index contributed by atoms with van der Waals surface area (Å²) in [6, 6.07) is 7.94. The first-order valence-electron chi connectivity index (χ1n) is 6.82. The van der Waals surface area contributed by atoms with E-state index in [0.29, 0.717) is 23.0 Å². The number of hydrogen-bond donors (Lipinski definition) is 0. The Morgan fingerprint density at radius 3 is 2.62 bits per heavy atom. The molecule has 0 aliphatic rings. The van der Waals surface area contributed by atoms with Crippen LogP contribution in [0.1, 0.15) is 37.3 Å². The molecule has 0 N–H and O–H groups in total. The first-order chi connectivity index (χ1) is 10.1. The van der Waals surface area contributed by atoms with Crippen molar-refractivity contribution < 1.29 is 9.47 Å². The van der Waals surface area contributed by atoms with E-state index in [9.17, 15) is 5.26 Å². The molecule has 2 aromatic rings. The lowest BCUT2D eigenvalue weighted by Gasteiger charge is -2.10. The van der Waals surface area contributed by atoms with Gasteiger partial charge in [-0.3, -0.25) is 0 Å². The molecule has 1 aromatic carbocycles. The summed E-state index contributed by atoms with van der Waals surface area (Å²) in [4.78, 5) is 5.28. The largest absolute Gasteiger partial charge is 0.493 e. The van der Waals surface area contributed by atoms with Crippen molar-refractivity contribution in [2.45, 2.75) is 26.7 Å². The van der Waals surface area contributed by atoms with Crippen LogP contribution in [0.15, 0.2) is 18.2 Å². The van der Waals surface area contributed by atoms with Crippen LogP contribution in [-0.4, -0.2) is 18.7 Å². The summed E-state index contributed by atoms with van der Waals surface area (Å²) in [6.07, 6.45) is 0. The number of ether oxygens (including phenoxy) is 2. The van der Waals surface area contributed by atoms with Gasteiger partial charge in [-0.15, -0.1) is 11.3 Å². The third-order valence-corrected chi connectivity index (χ3v) is 4.04. The molecule has 21 heavy (non-hydrogen) atoms. The molecule has 0 amide bonds. The van der Waals surface area contributed by atoms with E-state index in [1.54, 1.807) is 7.11 Å². The number of aromatic nitrogens is 1. The van der Waals surface area contributed by atoms with E-state index in [1.807, 2.05) is 39.0 Å². The summed E-state index contributed by atoms with van der Waals surface area (Å²) >= 11 is 1.41. The standard InChI is InChI=1S/C16H18N2O2S/c1-5-20-13-8-11(6-7-12(13)19-4)16-18-15(10(2)3)14(9-17)21-16/h6-8,10H,5H2,1-4H3. The number of rotatable bonds is 5. The van der Waals surface area contributed by atoms with Crippen molar-refractivity contribution in [2.24, 2.45) is 0 Å². The van der Waals surface area contributed by atoms with Crippen LogP contribution >= 0.6 is 11.3 Å². The van der Waals surface area contributed by atoms with Crippen molar-refractivity contribution in [1.82, 2.24) is 4.98 Å². The van der Waals surface area contributed by atoms with Gasteiger partial charge in [-0.1, -0.05) is 13.8 Å². The molecule has 0 fully saturated rings. The molecule has 0 bridgehead atoms. The number of hydrogen-bond acceptors (Lipinski definition) is 5. The molecule has 0 atom stereocenters. The van der Waals surface area contributed by atoms with Gasteiger partial charge in [-0.05, 0) is 31.0 Å². The Hall–Kier alpha value is -2.06. The van der Waals surface area contributed by atoms with Crippen LogP contribution in [0.25, 0.3) is 10.6 Å². The Kier molecular flexibility index (Phi) is 4.81. The van der Waals surface area contributed by atoms with Gasteiger partial charge < -0.3 is 9.47 Å². The number of methoxy groups -OCH3 is 1. The average molecular weight is 302 g/mol. The molecule has 0 unspecified atom stereocenters. The summed E-state index contributed by atoms with van der Waals surface area (Å²) in [5.74, 6) is 1.62. The zero-order valence-corrected chi connectivity index (χ0v) is 13.5. The zero-order valence-electron chi connectivity index (χ0n) is 12.6. The fraction of sp³-hybridized carbons (Fsp3) is 0.375. The van der Waals surface area contributed by atoms with Crippen LogP contribution in [0.5, 0.6) is 11.5 Å². The van der Waals surface area contributed by atoms with Gasteiger partial charge in [0.25, 0.3) is 0 Å². The Balaban J connectivity index is 2.47. The topological polar surface area (TPSA) is 55.1 Å². The number of nitrogens with zero attached hydrogens (tertiary/aromatic N) is 2. The van der Waals surface area contributed by atoms with E-state index in [1.165, 1.54) is 11.3 Å². The van der Waals surface area contributed by atoms with Gasteiger partial charge in [0.15, 0.2) is 11.5 Å². The van der Waals surface area contributed by atoms with E-state index in [4.69, 9.17) is 9.47 Å². The van der Waals surface area contributed by atoms with E-state index >= 15 is 0 Å². The smallest absolute Gasteiger partial charge is 0.161 e. The Bertz CT molecular complexity index is 671. The first-order valence-corrected chi connectivity index (χ1v) is 7.64. The molecule has 110 valence electrons. The highest BCUT2D eigenvalue weighted by Crippen LogP contribution is 2.36. The van der Waals surface area contributed by atoms with Gasteiger partial charge in [0.05, 0.1) is 19.4 Å². The van der Waals surface area contributed by atoms with Gasteiger partial charge in [-0.2, -0.15) is 5.26 Å². The molecule has 0 aliphatic heterocycles. The number of nitriles is 1. The van der Waals surface area contributed by atoms with Crippen molar-refractivity contribution in [2.75, 3.05) is 13.7 Å². The lowest BCUT2D eigenvalue weighted by Crippen LogP contribution is -1.95. The van der Waals surface area contributed by atoms with Crippen molar-refractivity contribution >= 4 is 11.3 Å². The Labute approximate surface area is 129 Å². The fourth-order valence-corrected chi connectivity index (χ4v) is 3.02. The minimum Gasteiger partial charge on any atom is -0.493 e. The van der Waals surface area contributed by atoms with Gasteiger partial charge in [0.1, 0.15) is 16.0 Å². The van der Waals surface area contributed by atoms with Crippen molar-refractivity contribution in [3.05, 3.63) is 28.8 Å². The molecule has 0 aliphatic carbocycles. The maximum atomic E-state index is 9.22. The first kappa shape index (κ1) is 15.3. The summed E-state index contributed by atoms with van der Waals surface area (Å²) in [5, 5.41) is 10.1. The van der Waals surface area contributed by atoms with Gasteiger partial charge in [0.2, 0.25) is 0 Å². The SMILES string of the molecule is CCOc1cc(-c2nc(C(C)C)c(C#N)s2)ccc1OC. The molecule has 4 nitrogen and oxygen atoms in total. The third kappa shape index (κ3) is 3.17. The second kappa shape index (κ2) is 6.59. The highest BCUT2D eigenvalue weighted by atomic mass is 32.1. The second-order valence-corrected chi connectivity index (χ2v) is 5.80. The van der Waals surface area contributed by atoms with Gasteiger partial charge in [-0.25, -0.2) is 4.98 Å². The van der Waals surface area contributed by atoms with E-state index < -0.39 is 0 Å². The van der Waals surface area contributed by atoms with Crippen molar-refractivity contribution in [1.29, 1.82) is 5.26 Å². The molecule has 1 heterocycles. The minimum atomic E-state index is 0.231. The van der Waals surface area contributed by atoms with Crippen LogP contribution in [0.2, 0.25) is 0 Å². The monoisotopic (exact) mass is 302 g/mol. The molecule has 1 aromatic heterocycles. The lowest BCUT2D eigenvalue weighted by molar-refractivity contribution is 0.311. The average Bonchev–Trinajstić information content (AvgIpc) is 2.92. The fourth-order valence-electron chi connectivity index (χ4n) is 2.00. The molecule has 0 radical (unpaired) electrons. The second-order valence-electron chi connectivity index (χ2n) is 4.80. The summed E-state index contributed by atoms with van der Waals surface area (Å²) in [5.41, 5.74) is 1.79. The number of thiazole rings is 1. The van der Waals surface area contributed by atoms with Crippen LogP contribution in [0, 0.1) is 11.3 Å². The molecule has 0 saturated heterocycles. The highest BCUT2D eigenvalue weighted by molar-refractivity contribution is 7.15. The lowest BCUT2D eigenvalue weighted by atomic mass is 10.1. The Morgan fingerprint density at radius 2 is 2.10 bits per heavy atom. The van der Waals surface area contributed by atoms with Gasteiger partial charge in [0, 0.05) is 5.56 Å². The molecule has 2 rings (SSSR count). The van der Waals surface area contributed by atoms with E-state index in [0.717, 1.165) is 16.3 Å². The summed E-state index contributed by atoms with van der Waals surface area (Å²) in [7, 11) is 1.62. The molecular formula is C16H18N2O2S. The predicted octanol–water partition coefficient (Wildman–Crippen LogP) is 4.21. The maximum absolute atomic E-state index is 9.22. The van der Waals surface area contributed by atoms with Crippen LogP contribution < -0.4 is 9.47 Å². The van der Waals surface area contributed by atoms with Crippen LogP contribution in [0.4, 0.5) is 0 Å². The van der Waals surface area contributed by atoms with Crippen molar-refractivity contribution in [3.63, 3.8) is 0 Å². The van der Waals surface area contributed by atoms with E-state index in [-0.39, 0.29) is 5.92 Å². The molecule has 0 spiro atoms. The maximum Gasteiger partial charge on any atom is 0.161 e. The third-order valence-electron chi connectivity index (χ3n) is 3.01. The minimum absolute atomic E-state index is 0.231. The molecule has 5 heteroatoms. The van der Waals surface area contributed by atoms with Crippen molar-refractivity contribution in [3.8, 4) is 28.1 Å². The summed E-state index contributed by atoms with van der Waals surface area (Å²) in [6.45, 7) is 6.58.